The number of hydrogen-bond acceptors (Lipinski definition) is 4. The van der Waals surface area contributed by atoms with Crippen molar-refractivity contribution in [2.24, 2.45) is 10.8 Å². The second-order valence-corrected chi connectivity index (χ2v) is 6.06. The molecule has 98 valence electrons. The van der Waals surface area contributed by atoms with Crippen molar-refractivity contribution >= 4 is 11.9 Å². The van der Waals surface area contributed by atoms with Gasteiger partial charge in [0.1, 0.15) is 12.0 Å². The predicted molar refractivity (Wildman–Crippen MR) is 63.3 cm³/mol. The van der Waals surface area contributed by atoms with Gasteiger partial charge in [0.25, 0.3) is 0 Å². The maximum absolute atomic E-state index is 12.1. The third-order valence-electron chi connectivity index (χ3n) is 4.07. The minimum Gasteiger partial charge on any atom is -0.461 e. The van der Waals surface area contributed by atoms with Crippen molar-refractivity contribution in [1.29, 1.82) is 0 Å². The fraction of sp³-hybridized carbons (Fsp3) is 0.846. The third-order valence-corrected chi connectivity index (χ3v) is 4.07. The molecule has 0 N–H and O–H groups in total. The molecule has 0 aromatic carbocycles. The minimum absolute atomic E-state index is 0.129. The van der Waals surface area contributed by atoms with Crippen molar-refractivity contribution in [3.8, 4) is 0 Å². The Labute approximate surface area is 103 Å². The quantitative estimate of drug-likeness (QED) is 0.713. The molecule has 17 heavy (non-hydrogen) atoms. The average Bonchev–Trinajstić information content (AvgIpc) is 2.42. The van der Waals surface area contributed by atoms with Gasteiger partial charge in [0, 0.05) is 0 Å². The molecule has 1 saturated heterocycles. The zero-order chi connectivity index (χ0) is 13.5. The summed E-state index contributed by atoms with van der Waals surface area (Å²) in [6.07, 6.45) is 0.692. The molecule has 0 radical (unpaired) electrons. The lowest BCUT2D eigenvalue weighted by Crippen LogP contribution is -2.48. The summed E-state index contributed by atoms with van der Waals surface area (Å²) >= 11 is 0. The number of esters is 2. The van der Waals surface area contributed by atoms with E-state index in [0.29, 0.717) is 6.42 Å². The summed E-state index contributed by atoms with van der Waals surface area (Å²) in [6.45, 7) is 11.0. The van der Waals surface area contributed by atoms with Gasteiger partial charge in [-0.1, -0.05) is 6.92 Å². The normalized spacial score (nSPS) is 27.8. The summed E-state index contributed by atoms with van der Waals surface area (Å²) in [4.78, 5) is 23.7. The van der Waals surface area contributed by atoms with Crippen LogP contribution in [0.15, 0.2) is 0 Å². The monoisotopic (exact) mass is 242 g/mol. The zero-order valence-electron chi connectivity index (χ0n) is 11.5. The first-order valence-corrected chi connectivity index (χ1v) is 5.97. The molecule has 0 aromatic rings. The Hall–Kier alpha value is -1.06. The van der Waals surface area contributed by atoms with E-state index in [1.165, 1.54) is 0 Å². The van der Waals surface area contributed by atoms with Crippen molar-refractivity contribution in [1.82, 2.24) is 0 Å². The van der Waals surface area contributed by atoms with E-state index in [-0.39, 0.29) is 18.5 Å². The first-order valence-electron chi connectivity index (χ1n) is 5.97. The van der Waals surface area contributed by atoms with Crippen molar-refractivity contribution in [2.75, 3.05) is 6.61 Å². The van der Waals surface area contributed by atoms with Crippen LogP contribution in [0.2, 0.25) is 0 Å². The van der Waals surface area contributed by atoms with Gasteiger partial charge in [-0.15, -0.1) is 0 Å². The molecular formula is C13H22O4. The molecule has 1 aliphatic heterocycles. The molecule has 1 aliphatic rings. The molecule has 0 saturated carbocycles. The number of carbonyl (C=O) groups excluding carboxylic acids is 2. The molecule has 0 amide bonds. The maximum atomic E-state index is 12.1. The molecule has 0 spiro atoms. The van der Waals surface area contributed by atoms with Gasteiger partial charge in [0.2, 0.25) is 0 Å². The van der Waals surface area contributed by atoms with Gasteiger partial charge in [0.05, 0.1) is 5.41 Å². The number of hydrogen-bond donors (Lipinski definition) is 0. The van der Waals surface area contributed by atoms with E-state index in [4.69, 9.17) is 9.47 Å². The highest BCUT2D eigenvalue weighted by atomic mass is 16.6. The maximum Gasteiger partial charge on any atom is 0.315 e. The van der Waals surface area contributed by atoms with Gasteiger partial charge >= 0.3 is 11.9 Å². The highest BCUT2D eigenvalue weighted by molar-refractivity contribution is 5.82. The topological polar surface area (TPSA) is 52.6 Å². The van der Waals surface area contributed by atoms with Crippen LogP contribution in [0.25, 0.3) is 0 Å². The SMILES string of the molecule is CCC(C)(C)C(=O)OC1(C)COC(=O)C1(C)C. The molecular weight excluding hydrogens is 220 g/mol. The lowest BCUT2D eigenvalue weighted by atomic mass is 9.78. The molecule has 0 aromatic heterocycles. The Morgan fingerprint density at radius 1 is 1.41 bits per heavy atom. The van der Waals surface area contributed by atoms with Crippen molar-refractivity contribution in [3.05, 3.63) is 0 Å². The van der Waals surface area contributed by atoms with Crippen LogP contribution in [-0.2, 0) is 19.1 Å². The average molecular weight is 242 g/mol. The van der Waals surface area contributed by atoms with Gasteiger partial charge in [-0.3, -0.25) is 9.59 Å². The van der Waals surface area contributed by atoms with Crippen LogP contribution >= 0.6 is 0 Å². The van der Waals surface area contributed by atoms with E-state index in [9.17, 15) is 9.59 Å². The van der Waals surface area contributed by atoms with Crippen molar-refractivity contribution < 1.29 is 19.1 Å². The fourth-order valence-corrected chi connectivity index (χ4v) is 1.42. The highest BCUT2D eigenvalue weighted by Gasteiger charge is 2.57. The Morgan fingerprint density at radius 2 is 1.94 bits per heavy atom. The Balaban J connectivity index is 2.89. The molecule has 1 atom stereocenters. The van der Waals surface area contributed by atoms with E-state index in [0.717, 1.165) is 0 Å². The second-order valence-electron chi connectivity index (χ2n) is 6.06. The summed E-state index contributed by atoms with van der Waals surface area (Å²) in [5, 5.41) is 0. The standard InChI is InChI=1S/C13H22O4/c1-7-11(2,3)9(14)17-13(6)8-16-10(15)12(13,4)5/h7-8H2,1-6H3. The van der Waals surface area contributed by atoms with Gasteiger partial charge in [-0.25, -0.2) is 0 Å². The van der Waals surface area contributed by atoms with Crippen molar-refractivity contribution in [2.45, 2.75) is 53.6 Å². The smallest absolute Gasteiger partial charge is 0.315 e. The first-order chi connectivity index (χ1) is 7.57. The summed E-state index contributed by atoms with van der Waals surface area (Å²) in [5.41, 5.74) is -2.22. The fourth-order valence-electron chi connectivity index (χ4n) is 1.42. The number of rotatable bonds is 3. The molecule has 4 heteroatoms. The van der Waals surface area contributed by atoms with Gasteiger partial charge in [-0.2, -0.15) is 0 Å². The molecule has 0 aliphatic carbocycles. The van der Waals surface area contributed by atoms with E-state index in [2.05, 4.69) is 0 Å². The minimum atomic E-state index is -0.881. The van der Waals surface area contributed by atoms with E-state index in [1.807, 2.05) is 20.8 Å². The van der Waals surface area contributed by atoms with E-state index in [1.54, 1.807) is 20.8 Å². The summed E-state index contributed by atoms with van der Waals surface area (Å²) in [5.74, 6) is -0.601. The molecule has 1 rings (SSSR count). The number of carbonyl (C=O) groups is 2. The molecule has 1 heterocycles. The number of cyclic esters (lactones) is 1. The van der Waals surface area contributed by atoms with E-state index >= 15 is 0 Å². The summed E-state index contributed by atoms with van der Waals surface area (Å²) < 4.78 is 10.6. The van der Waals surface area contributed by atoms with Crippen LogP contribution in [-0.4, -0.2) is 24.1 Å². The lowest BCUT2D eigenvalue weighted by molar-refractivity contribution is -0.177. The lowest BCUT2D eigenvalue weighted by Gasteiger charge is -2.35. The second kappa shape index (κ2) is 4.00. The van der Waals surface area contributed by atoms with Gasteiger partial charge in [-0.05, 0) is 41.0 Å². The van der Waals surface area contributed by atoms with Gasteiger partial charge < -0.3 is 9.47 Å². The summed E-state index contributed by atoms with van der Waals surface area (Å²) in [7, 11) is 0. The van der Waals surface area contributed by atoms with Gasteiger partial charge in [0.15, 0.2) is 5.60 Å². The van der Waals surface area contributed by atoms with Crippen LogP contribution in [0.5, 0.6) is 0 Å². The molecule has 4 nitrogen and oxygen atoms in total. The third kappa shape index (κ3) is 2.17. The first kappa shape index (κ1) is 14.0. The number of ether oxygens (including phenoxy) is 2. The largest absolute Gasteiger partial charge is 0.461 e. The van der Waals surface area contributed by atoms with Crippen LogP contribution in [0.1, 0.15) is 48.0 Å². The molecule has 1 fully saturated rings. The predicted octanol–water partition coefficient (Wildman–Crippen LogP) is 2.31. The van der Waals surface area contributed by atoms with Crippen LogP contribution < -0.4 is 0 Å². The zero-order valence-corrected chi connectivity index (χ0v) is 11.5. The Bertz CT molecular complexity index is 343. The van der Waals surface area contributed by atoms with Crippen LogP contribution in [0.3, 0.4) is 0 Å². The Morgan fingerprint density at radius 3 is 2.29 bits per heavy atom. The highest BCUT2D eigenvalue weighted by Crippen LogP contribution is 2.42. The van der Waals surface area contributed by atoms with E-state index < -0.39 is 16.4 Å². The van der Waals surface area contributed by atoms with Crippen molar-refractivity contribution in [3.63, 3.8) is 0 Å². The Kier molecular flexibility index (Phi) is 3.29. The van der Waals surface area contributed by atoms with Crippen LogP contribution in [0.4, 0.5) is 0 Å². The molecule has 0 bridgehead atoms. The van der Waals surface area contributed by atoms with Crippen LogP contribution in [0, 0.1) is 10.8 Å². The summed E-state index contributed by atoms with van der Waals surface area (Å²) in [6, 6.07) is 0. The molecule has 1 unspecified atom stereocenters.